The maximum absolute atomic E-state index is 15.1. The van der Waals surface area contributed by atoms with E-state index in [0.29, 0.717) is 18.8 Å². The van der Waals surface area contributed by atoms with Crippen molar-refractivity contribution >= 4 is 17.7 Å². The summed E-state index contributed by atoms with van der Waals surface area (Å²) < 4.78 is 31.1. The quantitative estimate of drug-likeness (QED) is 0.356. The highest BCUT2D eigenvalue weighted by atomic mass is 16.7. The van der Waals surface area contributed by atoms with Crippen molar-refractivity contribution in [1.29, 1.82) is 0 Å². The van der Waals surface area contributed by atoms with E-state index >= 15 is 4.79 Å². The van der Waals surface area contributed by atoms with Gasteiger partial charge in [0.15, 0.2) is 11.9 Å². The molecule has 1 aromatic carbocycles. The highest BCUT2D eigenvalue weighted by Gasteiger charge is 2.92. The smallest absolute Gasteiger partial charge is 0.339 e. The van der Waals surface area contributed by atoms with Crippen molar-refractivity contribution in [2.24, 2.45) is 39.9 Å². The van der Waals surface area contributed by atoms with E-state index in [4.69, 9.17) is 23.4 Å². The number of fused-ring (bicyclic) bond motifs is 1. The fourth-order valence-corrected chi connectivity index (χ4v) is 12.7. The van der Waals surface area contributed by atoms with Crippen molar-refractivity contribution in [2.75, 3.05) is 6.61 Å². The van der Waals surface area contributed by atoms with E-state index in [9.17, 15) is 14.7 Å². The van der Waals surface area contributed by atoms with Gasteiger partial charge < -0.3 is 28.5 Å². The van der Waals surface area contributed by atoms with Gasteiger partial charge in [-0.05, 0) is 75.3 Å². The molecule has 5 heterocycles. The number of aliphatic hydroxyl groups is 1. The van der Waals surface area contributed by atoms with Crippen LogP contribution in [0.3, 0.4) is 0 Å². The number of Topliss-reactive ketones (excluding diaryl/α,β-unsaturated/α-hetero) is 1. The largest absolute Gasteiger partial charge is 0.472 e. The molecule has 0 amide bonds. The fraction of sp³-hybridized carbons (Fsp3) is 0.658. The van der Waals surface area contributed by atoms with Gasteiger partial charge in [-0.3, -0.25) is 9.59 Å². The topological polar surface area (TPSA) is 125 Å². The summed E-state index contributed by atoms with van der Waals surface area (Å²) in [7, 11) is 0. The normalized spacial score (nSPS) is 47.8. The molecule has 9 rings (SSSR count). The highest BCUT2D eigenvalue weighted by Crippen LogP contribution is 2.82. The molecule has 7 fully saturated rings. The van der Waals surface area contributed by atoms with E-state index in [2.05, 4.69) is 31.2 Å². The van der Waals surface area contributed by atoms with Gasteiger partial charge in [-0.25, -0.2) is 4.79 Å². The highest BCUT2D eigenvalue weighted by molar-refractivity contribution is 5.92. The molecule has 4 aliphatic heterocycles. The van der Waals surface area contributed by atoms with E-state index in [1.807, 2.05) is 26.0 Å². The lowest BCUT2D eigenvalue weighted by atomic mass is 9.32. The second kappa shape index (κ2) is 9.79. The number of ketones is 1. The summed E-state index contributed by atoms with van der Waals surface area (Å²) >= 11 is 0. The molecule has 9 nitrogen and oxygen atoms in total. The number of furan rings is 1. The third-order valence-electron chi connectivity index (χ3n) is 14.1. The van der Waals surface area contributed by atoms with Crippen molar-refractivity contribution < 1.29 is 42.9 Å². The number of rotatable bonds is 4. The van der Waals surface area contributed by atoms with Crippen molar-refractivity contribution in [3.63, 3.8) is 0 Å². The number of hydrogen-bond acceptors (Lipinski definition) is 9. The molecule has 9 heteroatoms. The predicted octanol–water partition coefficient (Wildman–Crippen LogP) is 5.14. The van der Waals surface area contributed by atoms with Crippen LogP contribution in [-0.2, 0) is 39.8 Å². The Hall–Kier alpha value is -3.01. The Kier molecular flexibility index (Phi) is 6.27. The molecule has 47 heavy (non-hydrogen) atoms. The lowest BCUT2D eigenvalue weighted by molar-refractivity contribution is -0.276. The molecule has 1 N–H and O–H groups in total. The SMILES string of the molecule is CC1(C)O[C@H]2CC(=O)OC[C@]23C2CC[C@@]4(C)[C@H](c5ccoc5)OC(=O)[C@H]5O[C@@]54[C@]2([C@@H]2CCC[C@H](Cc4ccccc4)C2)[C@H](O)C(=O)[C@H]13. The Bertz CT molecular complexity index is 1620. The van der Waals surface area contributed by atoms with Crippen LogP contribution in [0.1, 0.15) is 82.9 Å². The number of aliphatic hydroxyl groups excluding tert-OH is 1. The van der Waals surface area contributed by atoms with Crippen LogP contribution in [-0.4, -0.2) is 58.9 Å². The molecule has 3 aliphatic carbocycles. The van der Waals surface area contributed by atoms with E-state index in [1.54, 1.807) is 12.5 Å². The number of epoxide rings is 1. The minimum atomic E-state index is -1.39. The lowest BCUT2D eigenvalue weighted by Crippen LogP contribution is -2.79. The second-order valence-electron chi connectivity index (χ2n) is 16.4. The Morgan fingerprint density at radius 3 is 2.53 bits per heavy atom. The summed E-state index contributed by atoms with van der Waals surface area (Å²) in [6.07, 6.45) is 5.56. The van der Waals surface area contributed by atoms with Crippen LogP contribution in [0, 0.1) is 39.9 Å². The van der Waals surface area contributed by atoms with Crippen molar-refractivity contribution in [2.45, 2.75) is 108 Å². The molecule has 1 aromatic heterocycles. The van der Waals surface area contributed by atoms with Gasteiger partial charge in [-0.15, -0.1) is 0 Å². The average molecular weight is 645 g/mol. The minimum Gasteiger partial charge on any atom is -0.472 e. The van der Waals surface area contributed by atoms with Crippen molar-refractivity contribution in [3.05, 3.63) is 60.1 Å². The number of cyclic esters (lactones) is 2. The number of ether oxygens (including phenoxy) is 4. The standard InChI is InChI=1S/C38H44O9/c1-34(2)29-28(40)30(41)37(24-11-7-10-22(17-24)16-21-8-5-4-6-9-21)25(36(29)20-44-27(39)18-26(36)46-34)12-14-35(3)31(23-13-15-43-19-23)45-33(42)32-38(35,37)47-32/h4-6,8-9,13,15,19,22,24-26,29-32,41H,7,10-12,14,16-18,20H2,1-3H3/t22-,24-,25?,26+,29-,30-,31+,32-,35+,36+,37+,38+/m1/s1. The molecule has 7 aliphatic rings. The van der Waals surface area contributed by atoms with E-state index < -0.39 is 63.8 Å². The summed E-state index contributed by atoms with van der Waals surface area (Å²) in [5.74, 6) is -1.80. The number of carbonyl (C=O) groups is 3. The Morgan fingerprint density at radius 2 is 1.77 bits per heavy atom. The van der Waals surface area contributed by atoms with Gasteiger partial charge >= 0.3 is 11.9 Å². The molecule has 2 spiro atoms. The molecule has 4 saturated heterocycles. The summed E-state index contributed by atoms with van der Waals surface area (Å²) in [5.41, 5.74) is -2.77. The van der Waals surface area contributed by atoms with Crippen LogP contribution in [0.4, 0.5) is 0 Å². The second-order valence-corrected chi connectivity index (χ2v) is 16.4. The summed E-state index contributed by atoms with van der Waals surface area (Å²) in [6, 6.07) is 12.3. The third-order valence-corrected chi connectivity index (χ3v) is 14.1. The molecule has 3 saturated carbocycles. The zero-order valence-electron chi connectivity index (χ0n) is 27.3. The zero-order valence-corrected chi connectivity index (χ0v) is 27.3. The molecule has 1 unspecified atom stereocenters. The van der Waals surface area contributed by atoms with Crippen LogP contribution < -0.4 is 0 Å². The van der Waals surface area contributed by atoms with E-state index in [0.717, 1.165) is 37.7 Å². The molecule has 2 aromatic rings. The summed E-state index contributed by atoms with van der Waals surface area (Å²) in [5, 5.41) is 13.0. The number of hydrogen-bond donors (Lipinski definition) is 1. The number of benzene rings is 1. The van der Waals surface area contributed by atoms with Gasteiger partial charge in [0.2, 0.25) is 0 Å². The van der Waals surface area contributed by atoms with Gasteiger partial charge in [-0.2, -0.15) is 0 Å². The van der Waals surface area contributed by atoms with Gasteiger partial charge in [0.1, 0.15) is 24.4 Å². The van der Waals surface area contributed by atoms with Crippen LogP contribution >= 0.6 is 0 Å². The van der Waals surface area contributed by atoms with Crippen LogP contribution in [0.15, 0.2) is 53.3 Å². The van der Waals surface area contributed by atoms with Crippen LogP contribution in [0.2, 0.25) is 0 Å². The zero-order chi connectivity index (χ0) is 32.6. The van der Waals surface area contributed by atoms with Crippen LogP contribution in [0.5, 0.6) is 0 Å². The minimum absolute atomic E-state index is 0.0582. The lowest BCUT2D eigenvalue weighted by Gasteiger charge is -2.70. The predicted molar refractivity (Wildman–Crippen MR) is 165 cm³/mol. The maximum atomic E-state index is 15.1. The summed E-state index contributed by atoms with van der Waals surface area (Å²) in [6.45, 7) is 5.99. The molecule has 0 radical (unpaired) electrons. The van der Waals surface area contributed by atoms with Gasteiger partial charge in [0, 0.05) is 21.8 Å². The molecular formula is C38H44O9. The molecular weight excluding hydrogens is 600 g/mol. The molecule has 0 bridgehead atoms. The third kappa shape index (κ3) is 3.58. The first-order valence-electron chi connectivity index (χ1n) is 17.5. The monoisotopic (exact) mass is 644 g/mol. The molecule has 12 atom stereocenters. The van der Waals surface area contributed by atoms with Crippen molar-refractivity contribution in [1.82, 2.24) is 0 Å². The maximum Gasteiger partial charge on any atom is 0.339 e. The fourth-order valence-electron chi connectivity index (χ4n) is 12.7. The van der Waals surface area contributed by atoms with Gasteiger partial charge in [0.05, 0.1) is 36.6 Å². The average Bonchev–Trinajstić information content (AvgIpc) is 3.49. The summed E-state index contributed by atoms with van der Waals surface area (Å²) in [4.78, 5) is 41.9. The van der Waals surface area contributed by atoms with Gasteiger partial charge in [-0.1, -0.05) is 50.1 Å². The van der Waals surface area contributed by atoms with Crippen LogP contribution in [0.25, 0.3) is 0 Å². The van der Waals surface area contributed by atoms with E-state index in [-0.39, 0.29) is 36.6 Å². The number of carbonyl (C=O) groups excluding carboxylic acids is 3. The Balaban J connectivity index is 1.25. The number of esters is 2. The first kappa shape index (κ1) is 30.1. The van der Waals surface area contributed by atoms with E-state index in [1.165, 1.54) is 5.56 Å². The van der Waals surface area contributed by atoms with Gasteiger partial charge in [0.25, 0.3) is 0 Å². The first-order valence-corrected chi connectivity index (χ1v) is 17.5. The Morgan fingerprint density at radius 1 is 0.957 bits per heavy atom. The Labute approximate surface area is 274 Å². The first-order chi connectivity index (χ1) is 22.5. The van der Waals surface area contributed by atoms with Crippen molar-refractivity contribution in [3.8, 4) is 0 Å². The molecule has 250 valence electrons.